The maximum atomic E-state index is 13.7. The lowest BCUT2D eigenvalue weighted by molar-refractivity contribution is -0.136. The minimum Gasteiger partial charge on any atom is -0.340 e. The maximum Gasteiger partial charge on any atom is 0.242 e. The van der Waals surface area contributed by atoms with Crippen molar-refractivity contribution in [1.29, 1.82) is 0 Å². The van der Waals surface area contributed by atoms with Crippen LogP contribution >= 0.6 is 11.6 Å². The average Bonchev–Trinajstić information content (AvgIpc) is 2.81. The Kier molecular flexibility index (Phi) is 4.11. The molecule has 5 heteroatoms. The second-order valence-corrected chi connectivity index (χ2v) is 5.63. The minimum absolute atomic E-state index is 0.135. The number of hydrogen-bond donors (Lipinski definition) is 1. The summed E-state index contributed by atoms with van der Waals surface area (Å²) >= 11 is 5.96. The topological polar surface area (TPSA) is 46.3 Å². The first-order chi connectivity index (χ1) is 8.94. The van der Waals surface area contributed by atoms with Gasteiger partial charge in [0.1, 0.15) is 5.82 Å². The Morgan fingerprint density at radius 1 is 1.47 bits per heavy atom. The third kappa shape index (κ3) is 2.90. The SMILES string of the molecule is CN(Cc1c(F)cccc1Cl)C(=O)C1(N)CCCC1. The number of nitrogens with two attached hydrogens (primary N) is 1. The maximum absolute atomic E-state index is 13.7. The molecule has 0 unspecified atom stereocenters. The van der Waals surface area contributed by atoms with Crippen LogP contribution in [0, 0.1) is 5.82 Å². The van der Waals surface area contributed by atoms with E-state index in [1.165, 1.54) is 11.0 Å². The molecule has 0 spiro atoms. The van der Waals surface area contributed by atoms with Crippen molar-refractivity contribution in [1.82, 2.24) is 4.90 Å². The Morgan fingerprint density at radius 2 is 2.11 bits per heavy atom. The first-order valence-corrected chi connectivity index (χ1v) is 6.79. The highest BCUT2D eigenvalue weighted by atomic mass is 35.5. The smallest absolute Gasteiger partial charge is 0.242 e. The van der Waals surface area contributed by atoms with Crippen molar-refractivity contribution in [2.24, 2.45) is 5.73 Å². The molecule has 19 heavy (non-hydrogen) atoms. The van der Waals surface area contributed by atoms with Gasteiger partial charge in [-0.2, -0.15) is 0 Å². The van der Waals surface area contributed by atoms with Crippen LogP contribution in [0.2, 0.25) is 5.02 Å². The van der Waals surface area contributed by atoms with E-state index in [4.69, 9.17) is 17.3 Å². The van der Waals surface area contributed by atoms with E-state index in [1.807, 2.05) is 0 Å². The van der Waals surface area contributed by atoms with E-state index in [2.05, 4.69) is 0 Å². The Balaban J connectivity index is 2.13. The summed E-state index contributed by atoms with van der Waals surface area (Å²) in [5.41, 5.74) is 5.66. The average molecular weight is 285 g/mol. The van der Waals surface area contributed by atoms with Crippen molar-refractivity contribution in [3.05, 3.63) is 34.6 Å². The van der Waals surface area contributed by atoms with Crippen LogP contribution in [0.4, 0.5) is 4.39 Å². The van der Waals surface area contributed by atoms with E-state index in [1.54, 1.807) is 19.2 Å². The predicted octanol–water partition coefficient (Wildman–Crippen LogP) is 2.71. The van der Waals surface area contributed by atoms with Gasteiger partial charge in [0, 0.05) is 24.2 Å². The van der Waals surface area contributed by atoms with Crippen LogP contribution < -0.4 is 5.73 Å². The molecule has 104 valence electrons. The molecule has 0 aromatic heterocycles. The summed E-state index contributed by atoms with van der Waals surface area (Å²) in [4.78, 5) is 13.8. The Bertz CT molecular complexity index is 466. The predicted molar refractivity (Wildman–Crippen MR) is 73.3 cm³/mol. The fraction of sp³-hybridized carbons (Fsp3) is 0.500. The number of nitrogens with zero attached hydrogens (tertiary/aromatic N) is 1. The van der Waals surface area contributed by atoms with Crippen LogP contribution in [0.1, 0.15) is 31.2 Å². The standard InChI is InChI=1S/C14H18ClFN2O/c1-18(13(19)14(17)7-2-3-8-14)9-10-11(15)5-4-6-12(10)16/h4-6H,2-3,7-9,17H2,1H3. The zero-order valence-electron chi connectivity index (χ0n) is 11.0. The number of amides is 1. The highest BCUT2D eigenvalue weighted by molar-refractivity contribution is 6.31. The molecule has 0 radical (unpaired) electrons. The summed E-state index contributed by atoms with van der Waals surface area (Å²) in [6.45, 7) is 0.142. The summed E-state index contributed by atoms with van der Waals surface area (Å²) in [5, 5.41) is 0.331. The normalized spacial score (nSPS) is 17.5. The van der Waals surface area contributed by atoms with Crippen molar-refractivity contribution in [3.63, 3.8) is 0 Å². The molecule has 0 atom stereocenters. The molecule has 1 aliphatic rings. The lowest BCUT2D eigenvalue weighted by atomic mass is 9.97. The van der Waals surface area contributed by atoms with Crippen molar-refractivity contribution in [3.8, 4) is 0 Å². The second kappa shape index (κ2) is 5.47. The number of rotatable bonds is 3. The van der Waals surface area contributed by atoms with Gasteiger partial charge in [-0.25, -0.2) is 4.39 Å². The summed E-state index contributed by atoms with van der Waals surface area (Å²) in [6, 6.07) is 4.50. The van der Waals surface area contributed by atoms with E-state index >= 15 is 0 Å². The number of benzene rings is 1. The quantitative estimate of drug-likeness (QED) is 0.928. The molecular formula is C14H18ClFN2O. The summed E-state index contributed by atoms with van der Waals surface area (Å²) in [5.74, 6) is -0.533. The van der Waals surface area contributed by atoms with Crippen molar-refractivity contribution < 1.29 is 9.18 Å². The Morgan fingerprint density at radius 3 is 2.68 bits per heavy atom. The van der Waals surface area contributed by atoms with Gasteiger partial charge in [-0.1, -0.05) is 30.5 Å². The van der Waals surface area contributed by atoms with Gasteiger partial charge in [-0.3, -0.25) is 4.79 Å². The van der Waals surface area contributed by atoms with Crippen molar-refractivity contribution >= 4 is 17.5 Å². The van der Waals surface area contributed by atoms with Crippen molar-refractivity contribution in [2.75, 3.05) is 7.05 Å². The zero-order chi connectivity index (χ0) is 14.0. The van der Waals surface area contributed by atoms with Gasteiger partial charge in [0.05, 0.1) is 5.54 Å². The highest BCUT2D eigenvalue weighted by Crippen LogP contribution is 2.29. The second-order valence-electron chi connectivity index (χ2n) is 5.22. The summed E-state index contributed by atoms with van der Waals surface area (Å²) in [7, 11) is 1.64. The monoisotopic (exact) mass is 284 g/mol. The molecule has 1 amide bonds. The Hall–Kier alpha value is -1.13. The number of hydrogen-bond acceptors (Lipinski definition) is 2. The molecule has 1 fully saturated rings. The van der Waals surface area contributed by atoms with Gasteiger partial charge in [0.25, 0.3) is 0 Å². The zero-order valence-corrected chi connectivity index (χ0v) is 11.7. The third-order valence-electron chi connectivity index (χ3n) is 3.73. The van der Waals surface area contributed by atoms with E-state index in [0.717, 1.165) is 12.8 Å². The van der Waals surface area contributed by atoms with Crippen LogP contribution in [-0.2, 0) is 11.3 Å². The van der Waals surface area contributed by atoms with Crippen LogP contribution in [0.15, 0.2) is 18.2 Å². The van der Waals surface area contributed by atoms with E-state index in [-0.39, 0.29) is 12.5 Å². The van der Waals surface area contributed by atoms with Crippen LogP contribution in [0.3, 0.4) is 0 Å². The molecule has 2 N–H and O–H groups in total. The first-order valence-electron chi connectivity index (χ1n) is 6.41. The molecule has 0 bridgehead atoms. The van der Waals surface area contributed by atoms with Gasteiger partial charge in [0.2, 0.25) is 5.91 Å². The molecule has 0 heterocycles. The molecule has 0 saturated heterocycles. The molecular weight excluding hydrogens is 267 g/mol. The molecule has 2 rings (SSSR count). The fourth-order valence-electron chi connectivity index (χ4n) is 2.59. The number of likely N-dealkylation sites (N-methyl/N-ethyl adjacent to an activating group) is 1. The molecule has 1 aromatic rings. The summed E-state index contributed by atoms with van der Waals surface area (Å²) < 4.78 is 13.7. The minimum atomic E-state index is -0.785. The molecule has 1 aromatic carbocycles. The van der Waals surface area contributed by atoms with Gasteiger partial charge in [0.15, 0.2) is 0 Å². The summed E-state index contributed by atoms with van der Waals surface area (Å²) in [6.07, 6.45) is 3.33. The van der Waals surface area contributed by atoms with Crippen LogP contribution in [0.25, 0.3) is 0 Å². The molecule has 1 saturated carbocycles. The van der Waals surface area contributed by atoms with E-state index in [0.29, 0.717) is 23.4 Å². The Labute approximate surface area is 117 Å². The van der Waals surface area contributed by atoms with Crippen molar-refractivity contribution in [2.45, 2.75) is 37.8 Å². The lowest BCUT2D eigenvalue weighted by Gasteiger charge is -2.29. The van der Waals surface area contributed by atoms with E-state index in [9.17, 15) is 9.18 Å². The first kappa shape index (κ1) is 14.3. The van der Waals surface area contributed by atoms with Crippen LogP contribution in [0.5, 0.6) is 0 Å². The number of halogens is 2. The van der Waals surface area contributed by atoms with Gasteiger partial charge < -0.3 is 10.6 Å². The van der Waals surface area contributed by atoms with Gasteiger partial charge in [-0.05, 0) is 25.0 Å². The molecule has 1 aliphatic carbocycles. The largest absolute Gasteiger partial charge is 0.340 e. The highest BCUT2D eigenvalue weighted by Gasteiger charge is 2.39. The van der Waals surface area contributed by atoms with E-state index < -0.39 is 11.4 Å². The fourth-order valence-corrected chi connectivity index (χ4v) is 2.82. The molecule has 0 aliphatic heterocycles. The number of carbonyl (C=O) groups is 1. The molecule has 3 nitrogen and oxygen atoms in total. The lowest BCUT2D eigenvalue weighted by Crippen LogP contribution is -2.52. The van der Waals surface area contributed by atoms with Gasteiger partial charge >= 0.3 is 0 Å². The van der Waals surface area contributed by atoms with Gasteiger partial charge in [-0.15, -0.1) is 0 Å². The number of carbonyl (C=O) groups excluding carboxylic acids is 1. The third-order valence-corrected chi connectivity index (χ3v) is 4.08. The van der Waals surface area contributed by atoms with Crippen LogP contribution in [-0.4, -0.2) is 23.4 Å².